The minimum atomic E-state index is -1.19. The molecule has 0 fully saturated rings. The molecule has 7 heteroatoms. The third-order valence-electron chi connectivity index (χ3n) is 4.87. The molecule has 3 N–H and O–H groups in total. The number of nitrogens with zero attached hydrogens (tertiary/aromatic N) is 1. The summed E-state index contributed by atoms with van der Waals surface area (Å²) in [7, 11) is 0. The molecule has 1 aromatic heterocycles. The zero-order valence-electron chi connectivity index (χ0n) is 15.2. The maximum atomic E-state index is 12.3. The molecule has 1 aliphatic rings. The topological polar surface area (TPSA) is 104 Å². The van der Waals surface area contributed by atoms with E-state index in [2.05, 4.69) is 27.4 Å². The Hall–Kier alpha value is -3.61. The second kappa shape index (κ2) is 7.19. The van der Waals surface area contributed by atoms with Gasteiger partial charge in [0, 0.05) is 12.3 Å². The van der Waals surface area contributed by atoms with Gasteiger partial charge in [-0.1, -0.05) is 55.5 Å². The van der Waals surface area contributed by atoms with Crippen LogP contribution in [0, 0.1) is 0 Å². The van der Waals surface area contributed by atoms with Crippen molar-refractivity contribution < 1.29 is 19.4 Å². The maximum absolute atomic E-state index is 12.3. The van der Waals surface area contributed by atoms with Crippen molar-refractivity contribution in [3.63, 3.8) is 0 Å². The molecule has 1 amide bonds. The van der Waals surface area contributed by atoms with E-state index in [-0.39, 0.29) is 24.0 Å². The predicted octanol–water partition coefficient (Wildman–Crippen LogP) is 4.03. The van der Waals surface area contributed by atoms with Gasteiger partial charge in [0.2, 0.25) is 0 Å². The van der Waals surface area contributed by atoms with Gasteiger partial charge in [-0.3, -0.25) is 5.32 Å². The van der Waals surface area contributed by atoms with Gasteiger partial charge >= 0.3 is 12.1 Å². The van der Waals surface area contributed by atoms with Gasteiger partial charge in [0.05, 0.1) is 0 Å². The Balaban J connectivity index is 1.50. The van der Waals surface area contributed by atoms with E-state index in [0.29, 0.717) is 12.2 Å². The highest BCUT2D eigenvalue weighted by atomic mass is 16.5. The van der Waals surface area contributed by atoms with Gasteiger partial charge in [0.25, 0.3) is 0 Å². The van der Waals surface area contributed by atoms with Crippen molar-refractivity contribution in [1.82, 2.24) is 9.97 Å². The van der Waals surface area contributed by atoms with Crippen LogP contribution in [-0.2, 0) is 11.2 Å². The molecule has 0 radical (unpaired) electrons. The Labute approximate surface area is 161 Å². The van der Waals surface area contributed by atoms with E-state index < -0.39 is 12.1 Å². The zero-order valence-corrected chi connectivity index (χ0v) is 15.2. The summed E-state index contributed by atoms with van der Waals surface area (Å²) in [6.45, 7) is 1.98. The number of H-pyrrole nitrogens is 1. The van der Waals surface area contributed by atoms with Crippen LogP contribution in [0.5, 0.6) is 0 Å². The van der Waals surface area contributed by atoms with E-state index in [1.165, 1.54) is 0 Å². The summed E-state index contributed by atoms with van der Waals surface area (Å²) in [4.78, 5) is 30.4. The number of fused-ring (bicyclic) bond motifs is 3. The van der Waals surface area contributed by atoms with Crippen molar-refractivity contribution in [3.05, 3.63) is 71.2 Å². The first-order valence-electron chi connectivity index (χ1n) is 9.02. The number of aromatic amines is 1. The summed E-state index contributed by atoms with van der Waals surface area (Å²) in [5, 5.41) is 11.7. The first-order valence-corrected chi connectivity index (χ1v) is 9.02. The van der Waals surface area contributed by atoms with E-state index in [1.54, 1.807) is 0 Å². The highest BCUT2D eigenvalue weighted by Crippen LogP contribution is 2.44. The molecule has 0 aliphatic heterocycles. The van der Waals surface area contributed by atoms with Crippen molar-refractivity contribution in [1.29, 1.82) is 0 Å². The number of ether oxygens (including phenoxy) is 1. The maximum Gasteiger partial charge on any atom is 0.412 e. The molecular formula is C21H19N3O4. The molecule has 7 nitrogen and oxygen atoms in total. The lowest BCUT2D eigenvalue weighted by Gasteiger charge is -2.14. The van der Waals surface area contributed by atoms with Gasteiger partial charge in [0.15, 0.2) is 11.5 Å². The molecule has 0 spiro atoms. The largest absolute Gasteiger partial charge is 0.476 e. The molecular weight excluding hydrogens is 358 g/mol. The Bertz CT molecular complexity index is 1010. The molecule has 142 valence electrons. The second-order valence-corrected chi connectivity index (χ2v) is 6.52. The fourth-order valence-electron chi connectivity index (χ4n) is 3.57. The van der Waals surface area contributed by atoms with Crippen LogP contribution in [0.4, 0.5) is 10.6 Å². The lowest BCUT2D eigenvalue weighted by Crippen LogP contribution is -2.19. The summed E-state index contributed by atoms with van der Waals surface area (Å²) in [5.74, 6) is -0.823. The third kappa shape index (κ3) is 3.11. The predicted molar refractivity (Wildman–Crippen MR) is 104 cm³/mol. The molecule has 0 atom stereocenters. The number of amides is 1. The minimum Gasteiger partial charge on any atom is -0.476 e. The first-order chi connectivity index (χ1) is 13.6. The van der Waals surface area contributed by atoms with Crippen LogP contribution in [-0.4, -0.2) is 33.7 Å². The molecule has 1 aliphatic carbocycles. The van der Waals surface area contributed by atoms with Crippen molar-refractivity contribution in [3.8, 4) is 11.1 Å². The van der Waals surface area contributed by atoms with E-state index in [4.69, 9.17) is 4.74 Å². The molecule has 28 heavy (non-hydrogen) atoms. The van der Waals surface area contributed by atoms with Crippen LogP contribution in [0.3, 0.4) is 0 Å². The number of aryl methyl sites for hydroxylation is 1. The van der Waals surface area contributed by atoms with E-state index in [0.717, 1.165) is 22.3 Å². The lowest BCUT2D eigenvalue weighted by molar-refractivity contribution is 0.0692. The van der Waals surface area contributed by atoms with Gasteiger partial charge < -0.3 is 14.8 Å². The van der Waals surface area contributed by atoms with Crippen molar-refractivity contribution in [2.75, 3.05) is 11.9 Å². The highest BCUT2D eigenvalue weighted by molar-refractivity contribution is 5.96. The van der Waals surface area contributed by atoms with E-state index in [1.807, 2.05) is 43.3 Å². The third-order valence-corrected chi connectivity index (χ3v) is 4.87. The van der Waals surface area contributed by atoms with Crippen LogP contribution in [0.1, 0.15) is 40.3 Å². The smallest absolute Gasteiger partial charge is 0.412 e. The molecule has 0 saturated carbocycles. The molecule has 4 rings (SSSR count). The number of imidazole rings is 1. The molecule has 1 heterocycles. The Morgan fingerprint density at radius 1 is 1.11 bits per heavy atom. The number of rotatable bonds is 5. The fourth-order valence-corrected chi connectivity index (χ4v) is 3.57. The van der Waals surface area contributed by atoms with Gasteiger partial charge in [-0.25, -0.2) is 14.6 Å². The summed E-state index contributed by atoms with van der Waals surface area (Å²) >= 11 is 0. The van der Waals surface area contributed by atoms with E-state index >= 15 is 0 Å². The number of nitrogens with one attached hydrogen (secondary N) is 2. The Morgan fingerprint density at radius 3 is 2.29 bits per heavy atom. The number of hydrogen-bond donors (Lipinski definition) is 3. The monoisotopic (exact) mass is 377 g/mol. The normalized spacial score (nSPS) is 12.3. The van der Waals surface area contributed by atoms with Crippen LogP contribution < -0.4 is 5.32 Å². The summed E-state index contributed by atoms with van der Waals surface area (Å²) in [6.07, 6.45) is -0.217. The number of hydrogen-bond acceptors (Lipinski definition) is 4. The first kappa shape index (κ1) is 17.8. The Kier molecular flexibility index (Phi) is 4.57. The van der Waals surface area contributed by atoms with Crippen LogP contribution in [0.15, 0.2) is 48.5 Å². The van der Waals surface area contributed by atoms with Gasteiger partial charge in [0.1, 0.15) is 12.4 Å². The molecule has 3 aromatic rings. The SMILES string of the molecule is CCc1nc(NC(=O)OCC2c3ccccc3-c3ccccc32)c(C(=O)O)[nH]1. The molecule has 0 bridgehead atoms. The van der Waals surface area contributed by atoms with Crippen LogP contribution in [0.2, 0.25) is 0 Å². The minimum absolute atomic E-state index is 0.0402. The summed E-state index contributed by atoms with van der Waals surface area (Å²) in [6, 6.07) is 16.1. The number of benzene rings is 2. The quantitative estimate of drug-likeness (QED) is 0.623. The lowest BCUT2D eigenvalue weighted by atomic mass is 9.98. The number of carbonyl (C=O) groups excluding carboxylic acids is 1. The van der Waals surface area contributed by atoms with Gasteiger partial charge in [-0.05, 0) is 22.3 Å². The van der Waals surface area contributed by atoms with Gasteiger partial charge in [-0.15, -0.1) is 0 Å². The average Bonchev–Trinajstić information content (AvgIpc) is 3.25. The second-order valence-electron chi connectivity index (χ2n) is 6.52. The summed E-state index contributed by atoms with van der Waals surface area (Å²) in [5.41, 5.74) is 4.33. The Morgan fingerprint density at radius 2 is 1.71 bits per heavy atom. The average molecular weight is 377 g/mol. The van der Waals surface area contributed by atoms with Crippen molar-refractivity contribution in [2.24, 2.45) is 0 Å². The fraction of sp³-hybridized carbons (Fsp3) is 0.190. The number of aromatic carboxylic acids is 1. The van der Waals surface area contributed by atoms with Crippen LogP contribution in [0.25, 0.3) is 11.1 Å². The van der Waals surface area contributed by atoms with E-state index in [9.17, 15) is 14.7 Å². The number of carbonyl (C=O) groups is 2. The summed E-state index contributed by atoms with van der Waals surface area (Å²) < 4.78 is 5.42. The molecule has 0 saturated heterocycles. The highest BCUT2D eigenvalue weighted by Gasteiger charge is 2.29. The van der Waals surface area contributed by atoms with Crippen molar-refractivity contribution >= 4 is 17.9 Å². The molecule has 0 unspecified atom stereocenters. The number of carboxylic acids is 1. The standard InChI is InChI=1S/C21H19N3O4/c1-2-17-22-18(20(25)26)19(23-17)24-21(27)28-11-16-14-9-5-3-7-12(14)13-8-4-6-10-15(13)16/h3-10,16H,2,11H2,1H3,(H,22,23)(H,24,27)(H,25,26). The van der Waals surface area contributed by atoms with Crippen LogP contribution >= 0.6 is 0 Å². The van der Waals surface area contributed by atoms with Gasteiger partial charge in [-0.2, -0.15) is 0 Å². The zero-order chi connectivity index (χ0) is 19.7. The number of aromatic nitrogens is 2. The molecule has 2 aromatic carbocycles. The van der Waals surface area contributed by atoms with Crippen molar-refractivity contribution in [2.45, 2.75) is 19.3 Å². The number of carboxylic acid groups (broad SMARTS) is 1. The number of anilines is 1.